The summed E-state index contributed by atoms with van der Waals surface area (Å²) in [6, 6.07) is 25.5. The summed E-state index contributed by atoms with van der Waals surface area (Å²) in [5.41, 5.74) is 5.49. The summed E-state index contributed by atoms with van der Waals surface area (Å²) in [4.78, 5) is 19.6. The molecule has 2 N–H and O–H groups in total. The lowest BCUT2D eigenvalue weighted by Gasteiger charge is -2.22. The van der Waals surface area contributed by atoms with Gasteiger partial charge in [0, 0.05) is 42.1 Å². The number of likely N-dealkylation sites (tertiary alicyclic amines) is 1. The topological polar surface area (TPSA) is 57.3 Å². The Labute approximate surface area is 203 Å². The number of amides is 2. The molecule has 1 aromatic heterocycles. The van der Waals surface area contributed by atoms with E-state index in [1.807, 2.05) is 19.1 Å². The molecule has 1 saturated heterocycles. The fourth-order valence-corrected chi connectivity index (χ4v) is 4.91. The average Bonchev–Trinajstić information content (AvgIpc) is 3.27. The Balaban J connectivity index is 1.30. The van der Waals surface area contributed by atoms with Gasteiger partial charge in [0.15, 0.2) is 0 Å². The second kappa shape index (κ2) is 11.8. The maximum atomic E-state index is 12.6. The van der Waals surface area contributed by atoms with Gasteiger partial charge < -0.3 is 15.5 Å². The van der Waals surface area contributed by atoms with Gasteiger partial charge in [-0.25, -0.2) is 4.79 Å². The molecule has 2 heterocycles. The number of aryl methyl sites for hydroxylation is 2. The van der Waals surface area contributed by atoms with Crippen LogP contribution in [0.5, 0.6) is 0 Å². The Bertz CT molecular complexity index is 1010. The summed E-state index contributed by atoms with van der Waals surface area (Å²) in [6.07, 6.45) is 3.99. The molecule has 0 saturated carbocycles. The summed E-state index contributed by atoms with van der Waals surface area (Å²) in [5, 5.41) is 6.18. The van der Waals surface area contributed by atoms with Crippen molar-refractivity contribution in [2.45, 2.75) is 51.5 Å². The molecule has 0 spiro atoms. The number of urea groups is 1. The number of carbonyl (C=O) groups excluding carboxylic acids is 1. The van der Waals surface area contributed by atoms with Gasteiger partial charge in [-0.3, -0.25) is 4.98 Å². The van der Waals surface area contributed by atoms with Crippen LogP contribution >= 0.6 is 0 Å². The van der Waals surface area contributed by atoms with Crippen molar-refractivity contribution in [2.75, 3.05) is 25.0 Å². The predicted octanol–water partition coefficient (Wildman–Crippen LogP) is 5.76. The van der Waals surface area contributed by atoms with Gasteiger partial charge in [-0.05, 0) is 56.0 Å². The highest BCUT2D eigenvalue weighted by Gasteiger charge is 2.25. The van der Waals surface area contributed by atoms with E-state index in [0.717, 1.165) is 62.4 Å². The highest BCUT2D eigenvalue weighted by atomic mass is 16.2. The number of rotatable bonds is 9. The third kappa shape index (κ3) is 6.67. The molecular weight excluding hydrogens is 420 g/mol. The highest BCUT2D eigenvalue weighted by molar-refractivity contribution is 5.89. The lowest BCUT2D eigenvalue weighted by atomic mass is 9.88. The van der Waals surface area contributed by atoms with Gasteiger partial charge >= 0.3 is 6.03 Å². The minimum absolute atomic E-state index is 0.133. The molecule has 1 unspecified atom stereocenters. The maximum absolute atomic E-state index is 12.6. The number of anilines is 1. The van der Waals surface area contributed by atoms with E-state index in [9.17, 15) is 4.79 Å². The first-order chi connectivity index (χ1) is 16.6. The van der Waals surface area contributed by atoms with E-state index in [2.05, 4.69) is 88.1 Å². The lowest BCUT2D eigenvalue weighted by Crippen LogP contribution is -2.39. The zero-order chi connectivity index (χ0) is 23.8. The Morgan fingerprint density at radius 3 is 2.38 bits per heavy atom. The Hall–Kier alpha value is -3.18. The van der Waals surface area contributed by atoms with Crippen LogP contribution in [-0.2, 0) is 6.42 Å². The van der Waals surface area contributed by atoms with Gasteiger partial charge in [0.25, 0.3) is 0 Å². The van der Waals surface area contributed by atoms with Crippen LogP contribution in [0.3, 0.4) is 0 Å². The molecule has 178 valence electrons. The first-order valence-corrected chi connectivity index (χ1v) is 12.5. The van der Waals surface area contributed by atoms with Crippen molar-refractivity contribution < 1.29 is 4.79 Å². The van der Waals surface area contributed by atoms with Crippen LogP contribution in [0, 0.1) is 6.92 Å². The van der Waals surface area contributed by atoms with Crippen LogP contribution in [0.1, 0.15) is 54.6 Å². The molecular formula is C29H36N4O. The van der Waals surface area contributed by atoms with Crippen LogP contribution in [0.2, 0.25) is 0 Å². The molecule has 4 rings (SSSR count). The van der Waals surface area contributed by atoms with Crippen molar-refractivity contribution in [2.24, 2.45) is 0 Å². The average molecular weight is 457 g/mol. The highest BCUT2D eigenvalue weighted by Crippen LogP contribution is 2.28. The van der Waals surface area contributed by atoms with Crippen molar-refractivity contribution in [3.05, 3.63) is 95.3 Å². The molecule has 1 aliphatic rings. The monoisotopic (exact) mass is 456 g/mol. The molecule has 34 heavy (non-hydrogen) atoms. The van der Waals surface area contributed by atoms with Gasteiger partial charge in [-0.2, -0.15) is 0 Å². The van der Waals surface area contributed by atoms with Gasteiger partial charge in [0.05, 0.1) is 0 Å². The van der Waals surface area contributed by atoms with Crippen molar-refractivity contribution in [3.63, 3.8) is 0 Å². The van der Waals surface area contributed by atoms with E-state index >= 15 is 0 Å². The SMILES string of the molecule is CCCc1cc(NC(=O)NC2CCN(CCC(c3ccccc3)c3ccccc3)C2)cc(C)n1. The fraction of sp³-hybridized carbons (Fsp3) is 0.379. The van der Waals surface area contributed by atoms with E-state index in [-0.39, 0.29) is 12.1 Å². The summed E-state index contributed by atoms with van der Waals surface area (Å²) in [6.45, 7) is 7.02. The van der Waals surface area contributed by atoms with E-state index in [1.54, 1.807) is 0 Å². The number of aromatic nitrogens is 1. The molecule has 0 aliphatic carbocycles. The molecule has 2 amide bonds. The van der Waals surface area contributed by atoms with Crippen LogP contribution in [0.15, 0.2) is 72.8 Å². The third-order valence-corrected chi connectivity index (χ3v) is 6.52. The summed E-state index contributed by atoms with van der Waals surface area (Å²) < 4.78 is 0. The molecule has 3 aromatic rings. The molecule has 0 bridgehead atoms. The van der Waals surface area contributed by atoms with Gasteiger partial charge in [0.1, 0.15) is 0 Å². The molecule has 1 aliphatic heterocycles. The number of carbonyl (C=O) groups is 1. The summed E-state index contributed by atoms with van der Waals surface area (Å²) >= 11 is 0. The van der Waals surface area contributed by atoms with Gasteiger partial charge in [-0.1, -0.05) is 74.0 Å². The van der Waals surface area contributed by atoms with E-state index in [4.69, 9.17) is 0 Å². The first kappa shape index (κ1) is 24.0. The number of hydrogen-bond acceptors (Lipinski definition) is 3. The first-order valence-electron chi connectivity index (χ1n) is 12.5. The molecule has 5 heteroatoms. The number of nitrogens with one attached hydrogen (secondary N) is 2. The second-order valence-electron chi connectivity index (χ2n) is 9.29. The predicted molar refractivity (Wildman–Crippen MR) is 139 cm³/mol. The standard InChI is InChI=1S/C29H36N4O/c1-3-10-25-20-27(19-22(2)30-25)32-29(34)31-26-15-17-33(21-26)18-16-28(23-11-6-4-7-12-23)24-13-8-5-9-14-24/h4-9,11-14,19-20,26,28H,3,10,15-18,21H2,1-2H3,(H2,30,31,32,34). The van der Waals surface area contributed by atoms with Crippen molar-refractivity contribution in [1.29, 1.82) is 0 Å². The molecule has 0 radical (unpaired) electrons. The molecule has 1 fully saturated rings. The normalized spacial score (nSPS) is 16.0. The smallest absolute Gasteiger partial charge is 0.319 e. The van der Waals surface area contributed by atoms with E-state index in [0.29, 0.717) is 5.92 Å². The van der Waals surface area contributed by atoms with Crippen LogP contribution < -0.4 is 10.6 Å². The zero-order valence-corrected chi connectivity index (χ0v) is 20.3. The maximum Gasteiger partial charge on any atom is 0.319 e. The van der Waals surface area contributed by atoms with Gasteiger partial charge in [-0.15, -0.1) is 0 Å². The fourth-order valence-electron chi connectivity index (χ4n) is 4.91. The minimum atomic E-state index is -0.133. The van der Waals surface area contributed by atoms with Crippen molar-refractivity contribution >= 4 is 11.7 Å². The minimum Gasteiger partial charge on any atom is -0.334 e. The summed E-state index contributed by atoms with van der Waals surface area (Å²) in [5.74, 6) is 0.380. The largest absolute Gasteiger partial charge is 0.334 e. The number of pyridine rings is 1. The van der Waals surface area contributed by atoms with E-state index < -0.39 is 0 Å². The number of hydrogen-bond donors (Lipinski definition) is 2. The Kier molecular flexibility index (Phi) is 8.31. The Morgan fingerprint density at radius 1 is 1.06 bits per heavy atom. The molecule has 1 atom stereocenters. The zero-order valence-electron chi connectivity index (χ0n) is 20.3. The van der Waals surface area contributed by atoms with E-state index in [1.165, 1.54) is 11.1 Å². The van der Waals surface area contributed by atoms with Crippen LogP contribution in [0.25, 0.3) is 0 Å². The summed E-state index contributed by atoms with van der Waals surface area (Å²) in [7, 11) is 0. The lowest BCUT2D eigenvalue weighted by molar-refractivity contribution is 0.247. The van der Waals surface area contributed by atoms with Crippen LogP contribution in [0.4, 0.5) is 10.5 Å². The molecule has 2 aromatic carbocycles. The second-order valence-corrected chi connectivity index (χ2v) is 9.29. The number of nitrogens with zero attached hydrogens (tertiary/aromatic N) is 2. The molecule has 5 nitrogen and oxygen atoms in total. The quantitative estimate of drug-likeness (QED) is 0.430. The van der Waals surface area contributed by atoms with Gasteiger partial charge in [0.2, 0.25) is 0 Å². The van der Waals surface area contributed by atoms with Crippen molar-refractivity contribution in [1.82, 2.24) is 15.2 Å². The van der Waals surface area contributed by atoms with Crippen molar-refractivity contribution in [3.8, 4) is 0 Å². The third-order valence-electron chi connectivity index (χ3n) is 6.52. The number of benzene rings is 2. The Morgan fingerprint density at radius 2 is 1.74 bits per heavy atom. The van der Waals surface area contributed by atoms with Crippen LogP contribution in [-0.4, -0.2) is 41.6 Å².